The van der Waals surface area contributed by atoms with Gasteiger partial charge in [-0.15, -0.1) is 16.4 Å². The van der Waals surface area contributed by atoms with Crippen LogP contribution < -0.4 is 10.2 Å². The molecule has 1 amide bonds. The van der Waals surface area contributed by atoms with Crippen LogP contribution in [0.1, 0.15) is 39.7 Å². The van der Waals surface area contributed by atoms with Gasteiger partial charge in [-0.25, -0.2) is 9.97 Å². The maximum atomic E-state index is 12.4. The van der Waals surface area contributed by atoms with Gasteiger partial charge in [-0.2, -0.15) is 4.52 Å². The fourth-order valence-electron chi connectivity index (χ4n) is 3.36. The van der Waals surface area contributed by atoms with E-state index in [0.717, 1.165) is 41.1 Å². The number of carbonyl (C=O) groups excluding carboxylic acids is 1. The van der Waals surface area contributed by atoms with Gasteiger partial charge in [0.2, 0.25) is 5.82 Å². The molecule has 132 valence electrons. The van der Waals surface area contributed by atoms with Gasteiger partial charge in [0.15, 0.2) is 5.65 Å². The number of fused-ring (bicyclic) bond motifs is 5. The summed E-state index contributed by atoms with van der Waals surface area (Å²) in [5.74, 6) is 0.772. The smallest absolute Gasteiger partial charge is 0.291 e. The Bertz CT molecular complexity index is 957. The number of likely N-dealkylation sites (N-methyl/N-ethyl adjacent to an activating group) is 1. The van der Waals surface area contributed by atoms with Crippen molar-refractivity contribution in [2.75, 3.05) is 27.2 Å². The van der Waals surface area contributed by atoms with Crippen LogP contribution in [0.3, 0.4) is 0 Å². The number of rotatable bonds is 4. The highest BCUT2D eigenvalue weighted by Gasteiger charge is 2.23. The van der Waals surface area contributed by atoms with Gasteiger partial charge < -0.3 is 10.2 Å². The summed E-state index contributed by atoms with van der Waals surface area (Å²) in [7, 11) is 4.11. The first-order valence-corrected chi connectivity index (χ1v) is 9.61. The number of nitrogens with one attached hydrogen (secondary N) is 2. The molecule has 1 aliphatic rings. The highest BCUT2D eigenvalue weighted by atomic mass is 32.1. The number of thiophene rings is 1. The Morgan fingerprint density at radius 1 is 1.28 bits per heavy atom. The van der Waals surface area contributed by atoms with Gasteiger partial charge in [0, 0.05) is 4.88 Å². The van der Waals surface area contributed by atoms with Crippen molar-refractivity contribution in [3.8, 4) is 0 Å². The highest BCUT2D eigenvalue weighted by Crippen LogP contribution is 2.37. The molecular weight excluding hydrogens is 336 g/mol. The average molecular weight is 359 g/mol. The molecule has 0 saturated carbocycles. The molecular formula is C17H23N6OS+. The van der Waals surface area contributed by atoms with Gasteiger partial charge in [0.25, 0.3) is 5.91 Å². The molecule has 7 nitrogen and oxygen atoms in total. The molecule has 0 bridgehead atoms. The summed E-state index contributed by atoms with van der Waals surface area (Å²) in [6.45, 7) is 3.39. The van der Waals surface area contributed by atoms with Crippen molar-refractivity contribution in [1.29, 1.82) is 0 Å². The lowest BCUT2D eigenvalue weighted by molar-refractivity contribution is -0.856. The van der Waals surface area contributed by atoms with Crippen LogP contribution in [-0.2, 0) is 12.8 Å². The molecule has 0 atom stereocenters. The summed E-state index contributed by atoms with van der Waals surface area (Å²) in [4.78, 5) is 25.4. The van der Waals surface area contributed by atoms with Crippen molar-refractivity contribution in [2.45, 2.75) is 32.6 Å². The maximum absolute atomic E-state index is 12.4. The number of nitrogens with zero attached hydrogens (tertiary/aromatic N) is 4. The van der Waals surface area contributed by atoms with Crippen LogP contribution in [0.5, 0.6) is 0 Å². The van der Waals surface area contributed by atoms with Crippen LogP contribution >= 0.6 is 11.3 Å². The van der Waals surface area contributed by atoms with Crippen molar-refractivity contribution in [3.05, 3.63) is 22.1 Å². The van der Waals surface area contributed by atoms with Crippen LogP contribution in [0.2, 0.25) is 0 Å². The monoisotopic (exact) mass is 359 g/mol. The van der Waals surface area contributed by atoms with Gasteiger partial charge in [-0.05, 0) is 38.2 Å². The molecule has 4 rings (SSSR count). The molecule has 25 heavy (non-hydrogen) atoms. The average Bonchev–Trinajstić information content (AvgIpc) is 3.15. The minimum atomic E-state index is -0.221. The summed E-state index contributed by atoms with van der Waals surface area (Å²) < 4.78 is 1.72. The number of quaternary nitrogens is 1. The predicted molar refractivity (Wildman–Crippen MR) is 97.6 cm³/mol. The Morgan fingerprint density at radius 2 is 2.08 bits per heavy atom. The topological polar surface area (TPSA) is 76.6 Å². The summed E-state index contributed by atoms with van der Waals surface area (Å²) >= 11 is 1.77. The van der Waals surface area contributed by atoms with Crippen LogP contribution in [0, 0.1) is 6.92 Å². The zero-order valence-corrected chi connectivity index (χ0v) is 15.7. The Hall–Kier alpha value is -2.06. The minimum absolute atomic E-state index is 0.221. The lowest BCUT2D eigenvalue weighted by Gasteiger charge is -2.10. The summed E-state index contributed by atoms with van der Waals surface area (Å²) in [6.07, 6.45) is 4.63. The normalized spacial score (nSPS) is 14.4. The van der Waals surface area contributed by atoms with Crippen molar-refractivity contribution in [1.82, 2.24) is 24.9 Å². The SMILES string of the molecule is Cc1nc2sc3c(c2c2nc(C(=O)NCC[NH+](C)C)nn12)CCCC3. The van der Waals surface area contributed by atoms with E-state index in [1.807, 2.05) is 6.92 Å². The molecule has 2 N–H and O–H groups in total. The second-order valence-corrected chi connectivity index (χ2v) is 8.02. The Balaban J connectivity index is 1.76. The van der Waals surface area contributed by atoms with Gasteiger partial charge in [-0.1, -0.05) is 0 Å². The molecule has 3 heterocycles. The highest BCUT2D eigenvalue weighted by molar-refractivity contribution is 7.19. The van der Waals surface area contributed by atoms with E-state index in [-0.39, 0.29) is 11.7 Å². The number of hydrogen-bond acceptors (Lipinski definition) is 5. The first kappa shape index (κ1) is 16.4. The standard InChI is InChI=1S/C17H22N6OS/c1-10-19-17-13(11-6-4-5-7-12(11)25-17)15-20-14(21-23(10)15)16(24)18-8-9-22(2)3/h4-9H2,1-3H3,(H,18,24)/p+1. The minimum Gasteiger partial charge on any atom is -0.344 e. The molecule has 0 aromatic carbocycles. The van der Waals surface area contributed by atoms with Crippen LogP contribution in [0.25, 0.3) is 15.9 Å². The number of carbonyl (C=O) groups is 1. The van der Waals surface area contributed by atoms with E-state index in [1.165, 1.54) is 28.2 Å². The van der Waals surface area contributed by atoms with E-state index >= 15 is 0 Å². The third-order valence-corrected chi connectivity index (χ3v) is 5.85. The molecule has 1 aliphatic carbocycles. The number of aromatic nitrogens is 4. The summed E-state index contributed by atoms with van der Waals surface area (Å²) in [5, 5.41) is 8.41. The fraction of sp³-hybridized carbons (Fsp3) is 0.529. The quantitative estimate of drug-likeness (QED) is 0.707. The largest absolute Gasteiger partial charge is 0.344 e. The predicted octanol–water partition coefficient (Wildman–Crippen LogP) is 0.401. The van der Waals surface area contributed by atoms with E-state index < -0.39 is 0 Å². The fourth-order valence-corrected chi connectivity index (χ4v) is 4.66. The first-order valence-electron chi connectivity index (χ1n) is 8.79. The molecule has 0 spiro atoms. The first-order chi connectivity index (χ1) is 12.0. The van der Waals surface area contributed by atoms with E-state index in [0.29, 0.717) is 6.54 Å². The van der Waals surface area contributed by atoms with Crippen molar-refractivity contribution < 1.29 is 9.69 Å². The van der Waals surface area contributed by atoms with E-state index in [4.69, 9.17) is 4.98 Å². The zero-order chi connectivity index (χ0) is 17.6. The Kier molecular flexibility index (Phi) is 4.16. The van der Waals surface area contributed by atoms with Gasteiger partial charge in [-0.3, -0.25) is 4.79 Å². The van der Waals surface area contributed by atoms with Crippen molar-refractivity contribution in [3.63, 3.8) is 0 Å². The Morgan fingerprint density at radius 3 is 2.88 bits per heavy atom. The van der Waals surface area contributed by atoms with Crippen molar-refractivity contribution >= 4 is 33.1 Å². The molecule has 8 heteroatoms. The summed E-state index contributed by atoms with van der Waals surface area (Å²) in [5.41, 5.74) is 2.13. The third kappa shape index (κ3) is 2.89. The van der Waals surface area contributed by atoms with Crippen LogP contribution in [-0.4, -0.2) is 52.7 Å². The lowest BCUT2D eigenvalue weighted by Crippen LogP contribution is -3.06. The van der Waals surface area contributed by atoms with Gasteiger partial charge in [0.05, 0.1) is 32.6 Å². The second kappa shape index (κ2) is 6.34. The van der Waals surface area contributed by atoms with Crippen LogP contribution in [0.15, 0.2) is 0 Å². The Labute approximate surface area is 150 Å². The molecule has 3 aromatic heterocycles. The van der Waals surface area contributed by atoms with Gasteiger partial charge >= 0.3 is 0 Å². The number of amides is 1. The lowest BCUT2D eigenvalue weighted by atomic mass is 9.97. The van der Waals surface area contributed by atoms with Crippen LogP contribution in [0.4, 0.5) is 0 Å². The molecule has 0 saturated heterocycles. The molecule has 0 aliphatic heterocycles. The maximum Gasteiger partial charge on any atom is 0.291 e. The number of aryl methyl sites for hydroxylation is 3. The molecule has 3 aromatic rings. The van der Waals surface area contributed by atoms with E-state index in [9.17, 15) is 4.79 Å². The molecule has 0 fully saturated rings. The zero-order valence-electron chi connectivity index (χ0n) is 14.8. The molecule has 0 unspecified atom stereocenters. The summed E-state index contributed by atoms with van der Waals surface area (Å²) in [6, 6.07) is 0. The second-order valence-electron chi connectivity index (χ2n) is 6.93. The van der Waals surface area contributed by atoms with E-state index in [2.05, 4.69) is 29.5 Å². The number of hydrogen-bond donors (Lipinski definition) is 2. The molecule has 0 radical (unpaired) electrons. The van der Waals surface area contributed by atoms with Gasteiger partial charge in [0.1, 0.15) is 10.7 Å². The third-order valence-electron chi connectivity index (χ3n) is 4.67. The van der Waals surface area contributed by atoms with Crippen molar-refractivity contribution in [2.24, 2.45) is 0 Å². The van der Waals surface area contributed by atoms with E-state index in [1.54, 1.807) is 15.9 Å².